The molecule has 0 aliphatic carbocycles. The molecule has 15 heavy (non-hydrogen) atoms. The minimum absolute atomic E-state index is 0. The third-order valence-corrected chi connectivity index (χ3v) is 2.69. The van der Waals surface area contributed by atoms with Crippen molar-refractivity contribution < 1.29 is 13.2 Å². The molecule has 1 aliphatic rings. The number of hydrogen-bond acceptors (Lipinski definition) is 2. The van der Waals surface area contributed by atoms with E-state index in [4.69, 9.17) is 5.73 Å². The molecule has 92 valence electrons. The molecule has 1 fully saturated rings. The van der Waals surface area contributed by atoms with Gasteiger partial charge in [-0.3, -0.25) is 4.90 Å². The summed E-state index contributed by atoms with van der Waals surface area (Å²) in [4.78, 5) is 1.46. The second kappa shape index (κ2) is 5.92. The molecule has 0 aromatic carbocycles. The Hall–Kier alpha value is -0.0000000000000000555. The normalized spacial score (nSPS) is 25.8. The molecule has 0 amide bonds. The van der Waals surface area contributed by atoms with Crippen LogP contribution < -0.4 is 5.73 Å². The second-order valence-electron chi connectivity index (χ2n) is 4.11. The molecule has 1 saturated heterocycles. The first-order valence-electron chi connectivity index (χ1n) is 4.93. The topological polar surface area (TPSA) is 29.3 Å². The van der Waals surface area contributed by atoms with Gasteiger partial charge in [-0.05, 0) is 32.2 Å². The minimum atomic E-state index is -4.08. The number of hydrogen-bond donors (Lipinski definition) is 1. The summed E-state index contributed by atoms with van der Waals surface area (Å²) < 4.78 is 36.3. The van der Waals surface area contributed by atoms with Crippen LogP contribution in [0.4, 0.5) is 13.2 Å². The van der Waals surface area contributed by atoms with E-state index in [1.54, 1.807) is 0 Å². The van der Waals surface area contributed by atoms with Crippen LogP contribution >= 0.6 is 12.4 Å². The van der Waals surface area contributed by atoms with Crippen LogP contribution in [0.3, 0.4) is 0 Å². The van der Waals surface area contributed by atoms with Gasteiger partial charge in [-0.1, -0.05) is 0 Å². The van der Waals surface area contributed by atoms with Crippen molar-refractivity contribution in [2.45, 2.75) is 32.0 Å². The molecule has 0 aromatic rings. The van der Waals surface area contributed by atoms with E-state index in [0.29, 0.717) is 13.1 Å². The Kier molecular flexibility index (Phi) is 5.92. The highest BCUT2D eigenvalue weighted by atomic mass is 35.5. The molecule has 1 aliphatic heterocycles. The molecule has 2 unspecified atom stereocenters. The van der Waals surface area contributed by atoms with E-state index >= 15 is 0 Å². The lowest BCUT2D eigenvalue weighted by Gasteiger charge is -2.34. The molecular formula is C9H18ClF3N2. The number of nitrogens with zero attached hydrogens (tertiary/aromatic N) is 1. The van der Waals surface area contributed by atoms with Crippen LogP contribution in [0.15, 0.2) is 0 Å². The lowest BCUT2D eigenvalue weighted by molar-refractivity contribution is -0.149. The predicted octanol–water partition coefficient (Wildman–Crippen LogP) is 2.03. The van der Waals surface area contributed by atoms with Gasteiger partial charge in [0.05, 0.1) is 6.54 Å². The number of halogens is 4. The van der Waals surface area contributed by atoms with Crippen molar-refractivity contribution in [1.82, 2.24) is 4.90 Å². The van der Waals surface area contributed by atoms with Crippen LogP contribution in [0.1, 0.15) is 19.8 Å². The third kappa shape index (κ3) is 5.58. The highest BCUT2D eigenvalue weighted by molar-refractivity contribution is 5.85. The van der Waals surface area contributed by atoms with Gasteiger partial charge in [0.25, 0.3) is 0 Å². The van der Waals surface area contributed by atoms with E-state index in [1.807, 2.05) is 6.92 Å². The van der Waals surface area contributed by atoms with Gasteiger partial charge in [-0.2, -0.15) is 13.2 Å². The Bertz CT molecular complexity index is 185. The van der Waals surface area contributed by atoms with Crippen molar-refractivity contribution >= 4 is 12.4 Å². The van der Waals surface area contributed by atoms with Crippen LogP contribution in [-0.2, 0) is 0 Å². The summed E-state index contributed by atoms with van der Waals surface area (Å²) in [5.41, 5.74) is 5.69. The lowest BCUT2D eigenvalue weighted by atomic mass is 9.92. The van der Waals surface area contributed by atoms with Crippen LogP contribution in [-0.4, -0.2) is 36.8 Å². The van der Waals surface area contributed by atoms with Gasteiger partial charge in [0.2, 0.25) is 0 Å². The fourth-order valence-electron chi connectivity index (χ4n) is 1.92. The number of alkyl halides is 3. The van der Waals surface area contributed by atoms with Crippen molar-refractivity contribution in [3.8, 4) is 0 Å². The molecule has 0 spiro atoms. The second-order valence-corrected chi connectivity index (χ2v) is 4.11. The SMILES string of the molecule is CC(N)C1CCCN(CC(F)(F)F)C1.Cl. The van der Waals surface area contributed by atoms with Crippen LogP contribution in [0, 0.1) is 5.92 Å². The van der Waals surface area contributed by atoms with Gasteiger partial charge in [-0.15, -0.1) is 12.4 Å². The van der Waals surface area contributed by atoms with E-state index in [9.17, 15) is 13.2 Å². The van der Waals surface area contributed by atoms with E-state index in [2.05, 4.69) is 0 Å². The van der Waals surface area contributed by atoms with E-state index in [1.165, 1.54) is 4.90 Å². The quantitative estimate of drug-likeness (QED) is 0.808. The molecule has 2 nitrogen and oxygen atoms in total. The maximum absolute atomic E-state index is 12.1. The number of piperidine rings is 1. The Morgan fingerprint density at radius 2 is 2.07 bits per heavy atom. The van der Waals surface area contributed by atoms with Crippen LogP contribution in [0.2, 0.25) is 0 Å². The molecule has 2 N–H and O–H groups in total. The summed E-state index contributed by atoms with van der Waals surface area (Å²) in [5.74, 6) is 0.214. The summed E-state index contributed by atoms with van der Waals surface area (Å²) >= 11 is 0. The summed E-state index contributed by atoms with van der Waals surface area (Å²) in [5, 5.41) is 0. The standard InChI is InChI=1S/C9H17F3N2.ClH/c1-7(13)8-3-2-4-14(5-8)6-9(10,11)12;/h7-8H,2-6,13H2,1H3;1H. The summed E-state index contributed by atoms with van der Waals surface area (Å²) in [6.07, 6.45) is -2.31. The molecule has 0 bridgehead atoms. The van der Waals surface area contributed by atoms with Gasteiger partial charge in [-0.25, -0.2) is 0 Å². The minimum Gasteiger partial charge on any atom is -0.328 e. The van der Waals surface area contributed by atoms with E-state index in [-0.39, 0.29) is 24.4 Å². The highest BCUT2D eigenvalue weighted by Crippen LogP contribution is 2.23. The zero-order valence-electron chi connectivity index (χ0n) is 8.76. The fourth-order valence-corrected chi connectivity index (χ4v) is 1.92. The number of nitrogens with two attached hydrogens (primary N) is 1. The van der Waals surface area contributed by atoms with Crippen LogP contribution in [0.25, 0.3) is 0 Å². The van der Waals surface area contributed by atoms with Gasteiger partial charge in [0, 0.05) is 12.6 Å². The van der Waals surface area contributed by atoms with Crippen molar-refractivity contribution in [3.05, 3.63) is 0 Å². The first-order valence-corrected chi connectivity index (χ1v) is 4.93. The summed E-state index contributed by atoms with van der Waals surface area (Å²) in [6.45, 7) is 2.10. The zero-order valence-corrected chi connectivity index (χ0v) is 9.57. The monoisotopic (exact) mass is 246 g/mol. The van der Waals surface area contributed by atoms with Gasteiger partial charge < -0.3 is 5.73 Å². The Morgan fingerprint density at radius 1 is 1.47 bits per heavy atom. The Morgan fingerprint density at radius 3 is 2.53 bits per heavy atom. The van der Waals surface area contributed by atoms with Gasteiger partial charge in [0.15, 0.2) is 0 Å². The smallest absolute Gasteiger partial charge is 0.328 e. The van der Waals surface area contributed by atoms with E-state index < -0.39 is 12.7 Å². The maximum atomic E-state index is 12.1. The van der Waals surface area contributed by atoms with Crippen molar-refractivity contribution in [1.29, 1.82) is 0 Å². The van der Waals surface area contributed by atoms with E-state index in [0.717, 1.165) is 12.8 Å². The van der Waals surface area contributed by atoms with Crippen molar-refractivity contribution in [2.75, 3.05) is 19.6 Å². The van der Waals surface area contributed by atoms with Gasteiger partial charge in [0.1, 0.15) is 0 Å². The Balaban J connectivity index is 0.00000196. The molecule has 1 heterocycles. The van der Waals surface area contributed by atoms with Crippen molar-refractivity contribution in [3.63, 3.8) is 0 Å². The molecule has 0 aromatic heterocycles. The average Bonchev–Trinajstić information content (AvgIpc) is 2.01. The predicted molar refractivity (Wildman–Crippen MR) is 56.1 cm³/mol. The molecule has 6 heteroatoms. The zero-order chi connectivity index (χ0) is 10.8. The largest absolute Gasteiger partial charge is 0.401 e. The molecule has 0 saturated carbocycles. The molecule has 0 radical (unpaired) electrons. The van der Waals surface area contributed by atoms with Crippen LogP contribution in [0.5, 0.6) is 0 Å². The first-order chi connectivity index (χ1) is 6.38. The Labute approximate surface area is 94.4 Å². The third-order valence-electron chi connectivity index (χ3n) is 2.69. The molecular weight excluding hydrogens is 229 g/mol. The van der Waals surface area contributed by atoms with Crippen molar-refractivity contribution in [2.24, 2.45) is 11.7 Å². The summed E-state index contributed by atoms with van der Waals surface area (Å²) in [7, 11) is 0. The number of rotatable bonds is 2. The first kappa shape index (κ1) is 15.0. The molecule has 1 rings (SSSR count). The van der Waals surface area contributed by atoms with Gasteiger partial charge >= 0.3 is 6.18 Å². The highest BCUT2D eigenvalue weighted by Gasteiger charge is 2.33. The average molecular weight is 247 g/mol. The lowest BCUT2D eigenvalue weighted by Crippen LogP contribution is -2.45. The maximum Gasteiger partial charge on any atom is 0.401 e. The summed E-state index contributed by atoms with van der Waals surface area (Å²) in [6, 6.07) is -0.00830. The molecule has 2 atom stereocenters. The number of likely N-dealkylation sites (tertiary alicyclic amines) is 1. The fraction of sp³-hybridized carbons (Fsp3) is 1.00.